The lowest BCUT2D eigenvalue weighted by Gasteiger charge is -2.47. The van der Waals surface area contributed by atoms with Gasteiger partial charge in [-0.25, -0.2) is 4.68 Å². The molecular weight excluding hydrogens is 374 g/mol. The molecular formula is C25H27N3O2. The van der Waals surface area contributed by atoms with E-state index in [9.17, 15) is 9.90 Å². The fourth-order valence-electron chi connectivity index (χ4n) is 4.97. The molecule has 2 fully saturated rings. The summed E-state index contributed by atoms with van der Waals surface area (Å²) < 4.78 is 1.76. The monoisotopic (exact) mass is 401 g/mol. The molecule has 2 aliphatic rings. The first-order chi connectivity index (χ1) is 14.6. The van der Waals surface area contributed by atoms with Crippen molar-refractivity contribution >= 4 is 5.91 Å². The van der Waals surface area contributed by atoms with Gasteiger partial charge in [0.05, 0.1) is 17.0 Å². The number of aliphatic hydroxyl groups is 1. The van der Waals surface area contributed by atoms with Gasteiger partial charge in [0.15, 0.2) is 0 Å². The Morgan fingerprint density at radius 3 is 2.50 bits per heavy atom. The number of carbonyl (C=O) groups excluding carboxylic acids is 1. The number of nitrogens with zero attached hydrogens (tertiary/aromatic N) is 3. The second-order valence-corrected chi connectivity index (χ2v) is 8.58. The molecule has 2 atom stereocenters. The van der Waals surface area contributed by atoms with Crippen molar-refractivity contribution in [1.29, 1.82) is 0 Å². The standard InChI is InChI=1S/C25H27N3O2/c29-24(27-16-15-25(30)14-8-7-11-20(25)18-27)23-17-22(19-9-3-1-4-10-19)26-28(23)21-12-5-2-6-13-21/h1-6,9-10,12-13,17,20,30H,7-8,11,14-16,18H2/t20-,25-/m0/s1. The molecule has 0 radical (unpaired) electrons. The van der Waals surface area contributed by atoms with Gasteiger partial charge in [-0.2, -0.15) is 5.10 Å². The fraction of sp³-hybridized carbons (Fsp3) is 0.360. The average Bonchev–Trinajstić information content (AvgIpc) is 3.25. The molecule has 30 heavy (non-hydrogen) atoms. The quantitative estimate of drug-likeness (QED) is 0.712. The van der Waals surface area contributed by atoms with E-state index in [4.69, 9.17) is 5.10 Å². The Bertz CT molecular complexity index is 1030. The number of likely N-dealkylation sites (tertiary alicyclic amines) is 1. The van der Waals surface area contributed by atoms with Crippen LogP contribution in [-0.4, -0.2) is 44.4 Å². The first-order valence-electron chi connectivity index (χ1n) is 10.9. The van der Waals surface area contributed by atoms with Crippen LogP contribution in [0, 0.1) is 5.92 Å². The minimum atomic E-state index is -0.593. The molecule has 0 spiro atoms. The third kappa shape index (κ3) is 3.43. The number of amides is 1. The predicted molar refractivity (Wildman–Crippen MR) is 116 cm³/mol. The van der Waals surface area contributed by atoms with Crippen LogP contribution < -0.4 is 0 Å². The normalized spacial score (nSPS) is 23.8. The minimum absolute atomic E-state index is 0.0128. The molecule has 2 heterocycles. The summed E-state index contributed by atoms with van der Waals surface area (Å²) in [5.41, 5.74) is 2.62. The van der Waals surface area contributed by atoms with Crippen molar-refractivity contribution in [2.45, 2.75) is 37.7 Å². The lowest BCUT2D eigenvalue weighted by Crippen LogP contribution is -2.54. The zero-order valence-corrected chi connectivity index (χ0v) is 17.1. The van der Waals surface area contributed by atoms with Crippen LogP contribution in [-0.2, 0) is 0 Å². The highest BCUT2D eigenvalue weighted by Crippen LogP contribution is 2.40. The number of benzene rings is 2. The first kappa shape index (κ1) is 19.1. The van der Waals surface area contributed by atoms with E-state index in [1.54, 1.807) is 4.68 Å². The number of carbonyl (C=O) groups is 1. The zero-order chi connectivity index (χ0) is 20.6. The van der Waals surface area contributed by atoms with Crippen LogP contribution in [0.3, 0.4) is 0 Å². The Morgan fingerprint density at radius 1 is 1.00 bits per heavy atom. The van der Waals surface area contributed by atoms with Crippen LogP contribution in [0.1, 0.15) is 42.6 Å². The molecule has 1 aliphatic carbocycles. The first-order valence-corrected chi connectivity index (χ1v) is 10.9. The van der Waals surface area contributed by atoms with Crippen molar-refractivity contribution < 1.29 is 9.90 Å². The Balaban J connectivity index is 1.50. The maximum absolute atomic E-state index is 13.6. The van der Waals surface area contributed by atoms with E-state index in [-0.39, 0.29) is 11.8 Å². The van der Waals surface area contributed by atoms with E-state index in [1.165, 1.54) is 0 Å². The van der Waals surface area contributed by atoms with Gasteiger partial charge in [0.25, 0.3) is 5.91 Å². The van der Waals surface area contributed by atoms with E-state index < -0.39 is 5.60 Å². The highest BCUT2D eigenvalue weighted by molar-refractivity contribution is 5.94. The van der Waals surface area contributed by atoms with E-state index in [0.29, 0.717) is 25.2 Å². The molecule has 0 bridgehead atoms. The molecule has 1 saturated carbocycles. The van der Waals surface area contributed by atoms with Gasteiger partial charge in [-0.1, -0.05) is 61.4 Å². The van der Waals surface area contributed by atoms with Crippen LogP contribution in [0.5, 0.6) is 0 Å². The van der Waals surface area contributed by atoms with Crippen LogP contribution >= 0.6 is 0 Å². The summed E-state index contributed by atoms with van der Waals surface area (Å²) in [5.74, 6) is 0.159. The lowest BCUT2D eigenvalue weighted by atomic mass is 9.71. The maximum atomic E-state index is 13.6. The molecule has 3 aromatic rings. The van der Waals surface area contributed by atoms with Crippen molar-refractivity contribution in [3.63, 3.8) is 0 Å². The predicted octanol–water partition coefficient (Wildman–Crippen LogP) is 4.31. The average molecular weight is 402 g/mol. The smallest absolute Gasteiger partial charge is 0.272 e. The zero-order valence-electron chi connectivity index (χ0n) is 17.1. The van der Waals surface area contributed by atoms with Crippen LogP contribution in [0.4, 0.5) is 0 Å². The maximum Gasteiger partial charge on any atom is 0.272 e. The van der Waals surface area contributed by atoms with E-state index in [1.807, 2.05) is 71.6 Å². The number of fused-ring (bicyclic) bond motifs is 1. The lowest BCUT2D eigenvalue weighted by molar-refractivity contribution is -0.0887. The van der Waals surface area contributed by atoms with Crippen molar-refractivity contribution in [3.8, 4) is 16.9 Å². The third-order valence-corrected chi connectivity index (χ3v) is 6.71. The molecule has 5 heteroatoms. The molecule has 5 rings (SSSR count). The highest BCUT2D eigenvalue weighted by atomic mass is 16.3. The van der Waals surface area contributed by atoms with Crippen LogP contribution in [0.2, 0.25) is 0 Å². The van der Waals surface area contributed by atoms with Crippen LogP contribution in [0.15, 0.2) is 66.7 Å². The van der Waals surface area contributed by atoms with Gasteiger partial charge in [0.1, 0.15) is 5.69 Å². The number of para-hydroxylation sites is 1. The molecule has 2 aromatic carbocycles. The van der Waals surface area contributed by atoms with Gasteiger partial charge < -0.3 is 10.0 Å². The van der Waals surface area contributed by atoms with Gasteiger partial charge >= 0.3 is 0 Å². The summed E-state index contributed by atoms with van der Waals surface area (Å²) in [7, 11) is 0. The second-order valence-electron chi connectivity index (χ2n) is 8.58. The number of rotatable bonds is 3. The molecule has 1 aromatic heterocycles. The van der Waals surface area contributed by atoms with Crippen LogP contribution in [0.25, 0.3) is 16.9 Å². The van der Waals surface area contributed by atoms with Gasteiger partial charge in [0, 0.05) is 24.6 Å². The summed E-state index contributed by atoms with van der Waals surface area (Å²) in [4.78, 5) is 15.5. The Morgan fingerprint density at radius 2 is 1.73 bits per heavy atom. The number of piperidine rings is 1. The molecule has 1 N–H and O–H groups in total. The highest BCUT2D eigenvalue weighted by Gasteiger charge is 2.44. The molecule has 1 aliphatic heterocycles. The van der Waals surface area contributed by atoms with E-state index in [2.05, 4.69) is 0 Å². The van der Waals surface area contributed by atoms with E-state index in [0.717, 1.165) is 42.6 Å². The number of hydrogen-bond acceptors (Lipinski definition) is 3. The molecule has 154 valence electrons. The van der Waals surface area contributed by atoms with E-state index >= 15 is 0 Å². The van der Waals surface area contributed by atoms with Crippen molar-refractivity contribution in [2.75, 3.05) is 13.1 Å². The minimum Gasteiger partial charge on any atom is -0.389 e. The van der Waals surface area contributed by atoms with Gasteiger partial charge in [-0.3, -0.25) is 4.79 Å². The molecule has 1 amide bonds. The van der Waals surface area contributed by atoms with Gasteiger partial charge in [-0.15, -0.1) is 0 Å². The Hall–Kier alpha value is -2.92. The number of hydrogen-bond donors (Lipinski definition) is 1. The van der Waals surface area contributed by atoms with Crippen molar-refractivity contribution in [2.24, 2.45) is 5.92 Å². The van der Waals surface area contributed by atoms with Gasteiger partial charge in [-0.05, 0) is 37.5 Å². The summed E-state index contributed by atoms with van der Waals surface area (Å²) in [6, 6.07) is 21.6. The summed E-state index contributed by atoms with van der Waals surface area (Å²) in [6.07, 6.45) is 4.74. The second kappa shape index (κ2) is 7.73. The topological polar surface area (TPSA) is 58.4 Å². The molecule has 1 saturated heterocycles. The largest absolute Gasteiger partial charge is 0.389 e. The fourth-order valence-corrected chi connectivity index (χ4v) is 4.97. The Labute approximate surface area is 177 Å². The Kier molecular flexibility index (Phi) is 4.91. The van der Waals surface area contributed by atoms with Crippen molar-refractivity contribution in [3.05, 3.63) is 72.4 Å². The summed E-state index contributed by atoms with van der Waals surface area (Å²) in [5, 5.41) is 15.8. The number of aromatic nitrogens is 2. The third-order valence-electron chi connectivity index (χ3n) is 6.71. The molecule has 5 nitrogen and oxygen atoms in total. The molecule has 0 unspecified atom stereocenters. The van der Waals surface area contributed by atoms with Gasteiger partial charge in [0.2, 0.25) is 0 Å². The summed E-state index contributed by atoms with van der Waals surface area (Å²) in [6.45, 7) is 1.21. The summed E-state index contributed by atoms with van der Waals surface area (Å²) >= 11 is 0. The van der Waals surface area contributed by atoms with Crippen molar-refractivity contribution in [1.82, 2.24) is 14.7 Å². The SMILES string of the molecule is O=C(c1cc(-c2ccccc2)nn1-c1ccccc1)N1CC[C@@]2(O)CCCC[C@H]2C1.